The molecule has 2 aliphatic rings. The molecule has 150 valence electrons. The van der Waals surface area contributed by atoms with Crippen molar-refractivity contribution in [1.82, 2.24) is 9.80 Å². The molecule has 0 aromatic heterocycles. The fourth-order valence-corrected chi connectivity index (χ4v) is 4.74. The van der Waals surface area contributed by atoms with Crippen LogP contribution in [-0.4, -0.2) is 55.2 Å². The van der Waals surface area contributed by atoms with Crippen molar-refractivity contribution in [2.24, 2.45) is 11.8 Å². The molecule has 2 heterocycles. The Kier molecular flexibility index (Phi) is 7.86. The van der Waals surface area contributed by atoms with Gasteiger partial charge in [-0.2, -0.15) is 0 Å². The van der Waals surface area contributed by atoms with Crippen LogP contribution < -0.4 is 0 Å². The molecule has 1 unspecified atom stereocenters. The summed E-state index contributed by atoms with van der Waals surface area (Å²) in [5, 5.41) is 0.816. The van der Waals surface area contributed by atoms with E-state index in [4.69, 9.17) is 16.3 Å². The van der Waals surface area contributed by atoms with Crippen LogP contribution in [0, 0.1) is 11.8 Å². The zero-order valence-corrected chi connectivity index (χ0v) is 18.5. The molecule has 4 nitrogen and oxygen atoms in total. The Morgan fingerprint density at radius 1 is 1.22 bits per heavy atom. The standard InChI is InChI=1S/C21H30BrClN2O2/c1-2-8-25-14-17(15-27-21(25)26)7-11-24-9-5-16(6-10-24)12-18-13-19(23)3-4-20(18)22/h3-4,13,16-17H,2,5-12,14-15H2,1H3. The first-order valence-corrected chi connectivity index (χ1v) is 11.3. The highest BCUT2D eigenvalue weighted by Gasteiger charge is 2.27. The van der Waals surface area contributed by atoms with E-state index >= 15 is 0 Å². The molecule has 2 fully saturated rings. The largest absolute Gasteiger partial charge is 0.449 e. The number of nitrogens with zero attached hydrogens (tertiary/aromatic N) is 2. The second kappa shape index (κ2) is 10.1. The SMILES string of the molecule is CCCN1CC(CCN2CCC(Cc3cc(Cl)ccc3Br)CC2)COC1=O. The first-order valence-electron chi connectivity index (χ1n) is 10.1. The maximum atomic E-state index is 11.7. The van der Waals surface area contributed by atoms with E-state index in [2.05, 4.69) is 33.8 Å². The molecule has 6 heteroatoms. The van der Waals surface area contributed by atoms with Crippen molar-refractivity contribution in [3.63, 3.8) is 0 Å². The molecule has 2 saturated heterocycles. The van der Waals surface area contributed by atoms with E-state index in [9.17, 15) is 4.79 Å². The van der Waals surface area contributed by atoms with E-state index in [1.54, 1.807) is 0 Å². The van der Waals surface area contributed by atoms with Crippen LogP contribution in [0.3, 0.4) is 0 Å². The number of hydrogen-bond acceptors (Lipinski definition) is 3. The van der Waals surface area contributed by atoms with Gasteiger partial charge in [-0.3, -0.25) is 0 Å². The molecule has 0 aliphatic carbocycles. The third kappa shape index (κ3) is 6.10. The van der Waals surface area contributed by atoms with Crippen LogP contribution in [0.2, 0.25) is 5.02 Å². The molecule has 1 aromatic carbocycles. The van der Waals surface area contributed by atoms with Gasteiger partial charge in [0.05, 0.1) is 6.61 Å². The zero-order chi connectivity index (χ0) is 19.2. The van der Waals surface area contributed by atoms with Crippen LogP contribution in [0.4, 0.5) is 4.79 Å². The number of halogens is 2. The van der Waals surface area contributed by atoms with Crippen LogP contribution in [-0.2, 0) is 11.2 Å². The van der Waals surface area contributed by atoms with Gasteiger partial charge >= 0.3 is 6.09 Å². The average Bonchev–Trinajstić information content (AvgIpc) is 2.66. The molecule has 2 aliphatic heterocycles. The lowest BCUT2D eigenvalue weighted by atomic mass is 9.90. The van der Waals surface area contributed by atoms with Crippen molar-refractivity contribution >= 4 is 33.6 Å². The quantitative estimate of drug-likeness (QED) is 0.562. The van der Waals surface area contributed by atoms with Crippen molar-refractivity contribution in [2.45, 2.75) is 39.0 Å². The van der Waals surface area contributed by atoms with E-state index in [0.717, 1.165) is 67.4 Å². The van der Waals surface area contributed by atoms with E-state index in [-0.39, 0.29) is 6.09 Å². The van der Waals surface area contributed by atoms with E-state index in [1.807, 2.05) is 17.0 Å². The number of rotatable bonds is 7. The summed E-state index contributed by atoms with van der Waals surface area (Å²) in [6.45, 7) is 7.77. The fourth-order valence-electron chi connectivity index (χ4n) is 4.14. The van der Waals surface area contributed by atoms with Crippen LogP contribution >= 0.6 is 27.5 Å². The first-order chi connectivity index (χ1) is 13.0. The second-order valence-corrected chi connectivity index (χ2v) is 9.19. The van der Waals surface area contributed by atoms with E-state index < -0.39 is 0 Å². The average molecular weight is 458 g/mol. The molecule has 0 N–H and O–H groups in total. The van der Waals surface area contributed by atoms with Gasteiger partial charge in [0, 0.05) is 28.5 Å². The molecular weight excluding hydrogens is 428 g/mol. The number of amides is 1. The van der Waals surface area contributed by atoms with Gasteiger partial charge in [0.25, 0.3) is 0 Å². The van der Waals surface area contributed by atoms with E-state index in [1.165, 1.54) is 18.4 Å². The highest BCUT2D eigenvalue weighted by Crippen LogP contribution is 2.28. The van der Waals surface area contributed by atoms with Gasteiger partial charge in [0.15, 0.2) is 0 Å². The summed E-state index contributed by atoms with van der Waals surface area (Å²) in [5.41, 5.74) is 1.32. The Balaban J connectivity index is 1.39. The molecule has 0 saturated carbocycles. The highest BCUT2D eigenvalue weighted by molar-refractivity contribution is 9.10. The maximum absolute atomic E-state index is 11.7. The van der Waals surface area contributed by atoms with Crippen molar-refractivity contribution in [1.29, 1.82) is 0 Å². The van der Waals surface area contributed by atoms with Crippen molar-refractivity contribution < 1.29 is 9.53 Å². The number of likely N-dealkylation sites (tertiary alicyclic amines) is 1. The summed E-state index contributed by atoms with van der Waals surface area (Å²) in [4.78, 5) is 16.2. The summed E-state index contributed by atoms with van der Waals surface area (Å²) in [6.07, 6.45) is 5.53. The molecular formula is C21H30BrClN2O2. The lowest BCUT2D eigenvalue weighted by Crippen LogP contribution is -2.44. The summed E-state index contributed by atoms with van der Waals surface area (Å²) in [7, 11) is 0. The van der Waals surface area contributed by atoms with Crippen LogP contribution in [0.25, 0.3) is 0 Å². The molecule has 1 atom stereocenters. The molecule has 0 bridgehead atoms. The van der Waals surface area contributed by atoms with Crippen LogP contribution in [0.15, 0.2) is 22.7 Å². The van der Waals surface area contributed by atoms with Gasteiger partial charge in [-0.15, -0.1) is 0 Å². The van der Waals surface area contributed by atoms with Crippen molar-refractivity contribution in [3.05, 3.63) is 33.3 Å². The second-order valence-electron chi connectivity index (χ2n) is 7.90. The third-order valence-corrected chi connectivity index (χ3v) is 6.76. The Morgan fingerprint density at radius 2 is 2.00 bits per heavy atom. The minimum absolute atomic E-state index is 0.138. The Hall–Kier alpha value is -0.780. The topological polar surface area (TPSA) is 32.8 Å². The number of carbonyl (C=O) groups excluding carboxylic acids is 1. The van der Waals surface area contributed by atoms with Gasteiger partial charge in [0.2, 0.25) is 0 Å². The fraction of sp³-hybridized carbons (Fsp3) is 0.667. The summed E-state index contributed by atoms with van der Waals surface area (Å²) >= 11 is 9.80. The van der Waals surface area contributed by atoms with Gasteiger partial charge in [0.1, 0.15) is 0 Å². The lowest BCUT2D eigenvalue weighted by Gasteiger charge is -2.35. The summed E-state index contributed by atoms with van der Waals surface area (Å²) in [5.74, 6) is 1.20. The van der Waals surface area contributed by atoms with E-state index in [0.29, 0.717) is 12.5 Å². The molecule has 3 rings (SSSR count). The number of hydrogen-bond donors (Lipinski definition) is 0. The maximum Gasteiger partial charge on any atom is 0.409 e. The smallest absolute Gasteiger partial charge is 0.409 e. The Morgan fingerprint density at radius 3 is 2.74 bits per heavy atom. The van der Waals surface area contributed by atoms with Gasteiger partial charge in [-0.1, -0.05) is 34.5 Å². The number of cyclic esters (lactones) is 1. The number of piperidine rings is 1. The normalized spacial score (nSPS) is 22.1. The molecule has 1 amide bonds. The third-order valence-electron chi connectivity index (χ3n) is 5.75. The monoisotopic (exact) mass is 456 g/mol. The highest BCUT2D eigenvalue weighted by atomic mass is 79.9. The number of carbonyl (C=O) groups is 1. The number of benzene rings is 1. The molecule has 0 radical (unpaired) electrons. The van der Waals surface area contributed by atoms with Crippen molar-refractivity contribution in [2.75, 3.05) is 39.3 Å². The summed E-state index contributed by atoms with van der Waals surface area (Å²) in [6, 6.07) is 6.07. The Labute approximate surface area is 176 Å². The summed E-state index contributed by atoms with van der Waals surface area (Å²) < 4.78 is 6.52. The predicted octanol–water partition coefficient (Wildman–Crippen LogP) is 5.23. The molecule has 27 heavy (non-hydrogen) atoms. The van der Waals surface area contributed by atoms with Gasteiger partial charge < -0.3 is 14.5 Å². The number of ether oxygens (including phenoxy) is 1. The van der Waals surface area contributed by atoms with Gasteiger partial charge in [-0.25, -0.2) is 4.79 Å². The molecule has 0 spiro atoms. The Bertz CT molecular complexity index is 635. The first kappa shape index (κ1) is 20.9. The minimum Gasteiger partial charge on any atom is -0.449 e. The molecule has 1 aromatic rings. The van der Waals surface area contributed by atoms with Crippen LogP contribution in [0.1, 0.15) is 38.2 Å². The zero-order valence-electron chi connectivity index (χ0n) is 16.1. The lowest BCUT2D eigenvalue weighted by molar-refractivity contribution is 0.0363. The minimum atomic E-state index is -0.138. The van der Waals surface area contributed by atoms with Crippen molar-refractivity contribution in [3.8, 4) is 0 Å². The van der Waals surface area contributed by atoms with Gasteiger partial charge in [-0.05, 0) is 81.4 Å². The predicted molar refractivity (Wildman–Crippen MR) is 113 cm³/mol. The van der Waals surface area contributed by atoms with Crippen LogP contribution in [0.5, 0.6) is 0 Å².